The number of amides is 4. The summed E-state index contributed by atoms with van der Waals surface area (Å²) in [6, 6.07) is 22.3. The lowest BCUT2D eigenvalue weighted by Crippen LogP contribution is -2.54. The second-order valence-electron chi connectivity index (χ2n) is 8.61. The van der Waals surface area contributed by atoms with Gasteiger partial charge < -0.3 is 14.2 Å². The highest BCUT2D eigenvalue weighted by molar-refractivity contribution is 6.39. The van der Waals surface area contributed by atoms with Gasteiger partial charge in [0, 0.05) is 16.7 Å². The van der Waals surface area contributed by atoms with Gasteiger partial charge in [-0.25, -0.2) is 9.69 Å². The zero-order chi connectivity index (χ0) is 26.2. The maximum atomic E-state index is 13.6. The summed E-state index contributed by atoms with van der Waals surface area (Å²) in [6.07, 6.45) is 1.46. The highest BCUT2D eigenvalue weighted by Crippen LogP contribution is 2.37. The number of ether oxygens (including phenoxy) is 3. The minimum Gasteiger partial charge on any atom is -0.488 e. The molecule has 0 unspecified atom stereocenters. The maximum absolute atomic E-state index is 13.6. The number of fused-ring (bicyclic) bond motifs is 2. The predicted octanol–water partition coefficient (Wildman–Crippen LogP) is 5.47. The van der Waals surface area contributed by atoms with Crippen LogP contribution >= 0.6 is 11.6 Å². The Balaban J connectivity index is 1.40. The van der Waals surface area contributed by atoms with Crippen LogP contribution in [0.1, 0.15) is 11.1 Å². The number of carbonyl (C=O) groups is 3. The Hall–Kier alpha value is -4.82. The van der Waals surface area contributed by atoms with Gasteiger partial charge in [-0.15, -0.1) is 0 Å². The van der Waals surface area contributed by atoms with E-state index >= 15 is 0 Å². The van der Waals surface area contributed by atoms with Crippen LogP contribution in [0.3, 0.4) is 0 Å². The number of urea groups is 1. The number of carbonyl (C=O) groups excluding carboxylic acids is 3. The fraction of sp³-hybridized carbons (Fsp3) is 0.0690. The van der Waals surface area contributed by atoms with Crippen molar-refractivity contribution in [2.45, 2.75) is 6.61 Å². The quantitative estimate of drug-likeness (QED) is 0.274. The number of nitrogens with one attached hydrogen (secondary N) is 1. The molecule has 2 aliphatic rings. The minimum absolute atomic E-state index is 0.0441. The summed E-state index contributed by atoms with van der Waals surface area (Å²) in [4.78, 5) is 40.1. The molecule has 0 radical (unpaired) electrons. The largest absolute Gasteiger partial charge is 0.488 e. The summed E-state index contributed by atoms with van der Waals surface area (Å²) in [5, 5.41) is 4.55. The average Bonchev–Trinajstić information content (AvgIpc) is 3.39. The molecule has 188 valence electrons. The third-order valence-electron chi connectivity index (χ3n) is 6.24. The molecule has 2 heterocycles. The summed E-state index contributed by atoms with van der Waals surface area (Å²) >= 11 is 5.99. The van der Waals surface area contributed by atoms with Crippen LogP contribution in [0.2, 0.25) is 5.02 Å². The second-order valence-corrected chi connectivity index (χ2v) is 9.05. The van der Waals surface area contributed by atoms with Crippen molar-refractivity contribution in [3.8, 4) is 17.2 Å². The zero-order valence-corrected chi connectivity index (χ0v) is 20.5. The summed E-state index contributed by atoms with van der Waals surface area (Å²) in [5.41, 5.74) is 1.46. The van der Waals surface area contributed by atoms with E-state index in [9.17, 15) is 14.4 Å². The lowest BCUT2D eigenvalue weighted by atomic mass is 9.99. The van der Waals surface area contributed by atoms with E-state index in [1.54, 1.807) is 30.3 Å². The molecule has 6 rings (SSSR count). The highest BCUT2D eigenvalue weighted by Gasteiger charge is 2.37. The molecule has 4 amide bonds. The lowest BCUT2D eigenvalue weighted by Gasteiger charge is -2.26. The first-order chi connectivity index (χ1) is 18.5. The van der Waals surface area contributed by atoms with Gasteiger partial charge in [-0.05, 0) is 52.7 Å². The van der Waals surface area contributed by atoms with Crippen molar-refractivity contribution in [2.75, 3.05) is 11.7 Å². The number of halogens is 1. The molecule has 2 aliphatic heterocycles. The third-order valence-corrected chi connectivity index (χ3v) is 6.49. The monoisotopic (exact) mass is 526 g/mol. The number of anilines is 1. The van der Waals surface area contributed by atoms with Crippen LogP contribution in [0.4, 0.5) is 10.5 Å². The highest BCUT2D eigenvalue weighted by atomic mass is 35.5. The van der Waals surface area contributed by atoms with Crippen LogP contribution in [-0.4, -0.2) is 24.6 Å². The Morgan fingerprint density at radius 3 is 2.55 bits per heavy atom. The molecule has 0 aromatic heterocycles. The van der Waals surface area contributed by atoms with Crippen molar-refractivity contribution >= 4 is 52.0 Å². The van der Waals surface area contributed by atoms with Gasteiger partial charge in [0.1, 0.15) is 17.9 Å². The van der Waals surface area contributed by atoms with Gasteiger partial charge in [0.2, 0.25) is 6.79 Å². The number of imide groups is 2. The number of hydrogen-bond donors (Lipinski definition) is 1. The number of hydrogen-bond acceptors (Lipinski definition) is 6. The van der Waals surface area contributed by atoms with Crippen LogP contribution in [0.5, 0.6) is 17.2 Å². The second kappa shape index (κ2) is 9.57. The SMILES string of the molecule is O=C1NC(=O)N(c2ccc3c(c2)OCO3)C(=O)/C1=C/c1c(OCc2ccc(Cl)cc2)ccc2ccccc12. The van der Waals surface area contributed by atoms with Crippen molar-refractivity contribution in [1.82, 2.24) is 5.32 Å². The molecule has 0 spiro atoms. The third kappa shape index (κ3) is 4.31. The average molecular weight is 527 g/mol. The van der Waals surface area contributed by atoms with Crippen LogP contribution < -0.4 is 24.4 Å². The smallest absolute Gasteiger partial charge is 0.335 e. The molecule has 0 atom stereocenters. The molecule has 8 nitrogen and oxygen atoms in total. The van der Waals surface area contributed by atoms with Crippen LogP contribution in [-0.2, 0) is 16.2 Å². The molecule has 0 bridgehead atoms. The topological polar surface area (TPSA) is 94.2 Å². The Kier molecular flexibility index (Phi) is 5.94. The van der Waals surface area contributed by atoms with E-state index in [1.807, 2.05) is 42.5 Å². The fourth-order valence-corrected chi connectivity index (χ4v) is 4.48. The zero-order valence-electron chi connectivity index (χ0n) is 19.8. The molecule has 4 aromatic rings. The summed E-state index contributed by atoms with van der Waals surface area (Å²) in [5.74, 6) is -0.192. The van der Waals surface area contributed by atoms with E-state index < -0.39 is 17.8 Å². The number of nitrogens with zero attached hydrogens (tertiary/aromatic N) is 1. The molecule has 4 aromatic carbocycles. The molecular weight excluding hydrogens is 508 g/mol. The normalized spacial score (nSPS) is 15.8. The van der Waals surface area contributed by atoms with Gasteiger partial charge in [0.05, 0.1) is 5.69 Å². The number of barbiturate groups is 1. The van der Waals surface area contributed by atoms with Gasteiger partial charge >= 0.3 is 6.03 Å². The molecule has 1 fully saturated rings. The first kappa shape index (κ1) is 23.6. The van der Waals surface area contributed by atoms with Crippen LogP contribution in [0.25, 0.3) is 16.8 Å². The lowest BCUT2D eigenvalue weighted by molar-refractivity contribution is -0.122. The standard InChI is InChI=1S/C29H19ClN2O6/c30-19-8-5-17(6-9-19)15-36-24-11-7-18-3-1-2-4-21(18)22(24)14-23-27(33)31-29(35)32(28(23)34)20-10-12-25-26(13-20)38-16-37-25/h1-14H,15-16H2,(H,31,33,35)/b23-14+. The Morgan fingerprint density at radius 1 is 0.921 bits per heavy atom. The van der Waals surface area contributed by atoms with E-state index in [0.717, 1.165) is 21.2 Å². The van der Waals surface area contributed by atoms with Crippen LogP contribution in [0.15, 0.2) is 84.4 Å². The van der Waals surface area contributed by atoms with E-state index in [0.29, 0.717) is 27.8 Å². The predicted molar refractivity (Wildman–Crippen MR) is 141 cm³/mol. The van der Waals surface area contributed by atoms with Crippen molar-refractivity contribution in [3.63, 3.8) is 0 Å². The Morgan fingerprint density at radius 2 is 1.71 bits per heavy atom. The molecule has 38 heavy (non-hydrogen) atoms. The van der Waals surface area contributed by atoms with Crippen molar-refractivity contribution in [3.05, 3.63) is 101 Å². The van der Waals surface area contributed by atoms with Gasteiger partial charge in [0.15, 0.2) is 11.5 Å². The minimum atomic E-state index is -0.854. The summed E-state index contributed by atoms with van der Waals surface area (Å²) in [7, 11) is 0. The van der Waals surface area contributed by atoms with E-state index in [4.69, 9.17) is 25.8 Å². The fourth-order valence-electron chi connectivity index (χ4n) is 4.35. The molecule has 9 heteroatoms. The van der Waals surface area contributed by atoms with Gasteiger partial charge in [0.25, 0.3) is 11.8 Å². The number of benzene rings is 4. The molecule has 0 saturated carbocycles. The van der Waals surface area contributed by atoms with Gasteiger partial charge in [-0.3, -0.25) is 14.9 Å². The van der Waals surface area contributed by atoms with E-state index in [2.05, 4.69) is 5.32 Å². The summed E-state index contributed by atoms with van der Waals surface area (Å²) in [6.45, 7) is 0.288. The molecule has 1 N–H and O–H groups in total. The molecular formula is C29H19ClN2O6. The van der Waals surface area contributed by atoms with Gasteiger partial charge in [-0.2, -0.15) is 0 Å². The Bertz CT molecular complexity index is 1650. The van der Waals surface area contributed by atoms with Crippen molar-refractivity contribution in [2.24, 2.45) is 0 Å². The Labute approximate surface area is 222 Å². The van der Waals surface area contributed by atoms with E-state index in [1.165, 1.54) is 12.1 Å². The van der Waals surface area contributed by atoms with E-state index in [-0.39, 0.29) is 24.7 Å². The maximum Gasteiger partial charge on any atom is 0.335 e. The first-order valence-corrected chi connectivity index (χ1v) is 12.1. The van der Waals surface area contributed by atoms with Crippen molar-refractivity contribution in [1.29, 1.82) is 0 Å². The molecule has 0 aliphatic carbocycles. The van der Waals surface area contributed by atoms with Gasteiger partial charge in [-0.1, -0.05) is 54.1 Å². The summed E-state index contributed by atoms with van der Waals surface area (Å²) < 4.78 is 16.8. The first-order valence-electron chi connectivity index (χ1n) is 11.7. The molecule has 1 saturated heterocycles. The van der Waals surface area contributed by atoms with Crippen molar-refractivity contribution < 1.29 is 28.6 Å². The van der Waals surface area contributed by atoms with Crippen LogP contribution in [0, 0.1) is 0 Å². The number of rotatable bonds is 5.